The van der Waals surface area contributed by atoms with E-state index in [-0.39, 0.29) is 24.6 Å². The molecule has 2 N–H and O–H groups in total. The Morgan fingerprint density at radius 3 is 2.73 bits per heavy atom. The molecule has 2 nitrogen and oxygen atoms in total. The maximum atomic E-state index is 12.6. The van der Waals surface area contributed by atoms with Crippen molar-refractivity contribution in [1.29, 1.82) is 0 Å². The summed E-state index contributed by atoms with van der Waals surface area (Å²) in [6.45, 7) is 0.272. The number of hydrogen-bond acceptors (Lipinski definition) is 2. The van der Waals surface area contributed by atoms with Crippen molar-refractivity contribution in [3.8, 4) is 5.75 Å². The number of nitrogens with two attached hydrogens (primary N) is 1. The second kappa shape index (κ2) is 3.41. The fraction of sp³-hybridized carbons (Fsp3) is 0.400. The number of halogens is 3. The van der Waals surface area contributed by atoms with Crippen LogP contribution in [0.15, 0.2) is 18.2 Å². The first-order valence-corrected chi connectivity index (χ1v) is 4.56. The third-order valence-corrected chi connectivity index (χ3v) is 2.36. The van der Waals surface area contributed by atoms with E-state index in [2.05, 4.69) is 0 Å². The minimum atomic E-state index is -4.34. The van der Waals surface area contributed by atoms with Crippen LogP contribution in [0.3, 0.4) is 0 Å². The Labute approximate surface area is 84.8 Å². The quantitative estimate of drug-likeness (QED) is 0.721. The Morgan fingerprint density at radius 2 is 2.07 bits per heavy atom. The first-order chi connectivity index (χ1) is 6.98. The third-order valence-electron chi connectivity index (χ3n) is 2.36. The van der Waals surface area contributed by atoms with Gasteiger partial charge in [-0.05, 0) is 18.6 Å². The van der Waals surface area contributed by atoms with Gasteiger partial charge in [0.1, 0.15) is 12.4 Å². The molecule has 0 saturated heterocycles. The molecular weight excluding hydrogens is 207 g/mol. The Morgan fingerprint density at radius 1 is 1.33 bits per heavy atom. The lowest BCUT2D eigenvalue weighted by molar-refractivity contribution is -0.138. The van der Waals surface area contributed by atoms with Crippen LogP contribution in [-0.2, 0) is 12.6 Å². The lowest BCUT2D eigenvalue weighted by atomic mass is 9.97. The number of ether oxygens (including phenoxy) is 1. The van der Waals surface area contributed by atoms with Crippen LogP contribution in [0.1, 0.15) is 11.1 Å². The molecule has 0 bridgehead atoms. The van der Waals surface area contributed by atoms with E-state index < -0.39 is 11.7 Å². The third kappa shape index (κ3) is 1.92. The van der Waals surface area contributed by atoms with Crippen LogP contribution in [0.2, 0.25) is 0 Å². The van der Waals surface area contributed by atoms with E-state index in [4.69, 9.17) is 10.5 Å². The zero-order chi connectivity index (χ0) is 11.1. The molecule has 0 aliphatic carbocycles. The molecule has 1 aromatic carbocycles. The molecule has 0 aromatic heterocycles. The Balaban J connectivity index is 2.49. The molecule has 1 unspecified atom stereocenters. The summed E-state index contributed by atoms with van der Waals surface area (Å²) in [6, 6.07) is 3.58. The second-order valence-corrected chi connectivity index (χ2v) is 3.56. The fourth-order valence-electron chi connectivity index (χ4n) is 1.69. The minimum absolute atomic E-state index is 0.170. The predicted octanol–water partition coefficient (Wildman–Crippen LogP) is 1.97. The highest BCUT2D eigenvalue weighted by atomic mass is 19.4. The summed E-state index contributed by atoms with van der Waals surface area (Å²) in [5, 5.41) is 0. The standard InChI is InChI=1S/C10H10F3NO/c11-10(12,13)8-2-1-3-9-7(8)4-6(14)5-15-9/h1-3,6H,4-5,14H2. The van der Waals surface area contributed by atoms with Gasteiger partial charge in [0.15, 0.2) is 0 Å². The highest BCUT2D eigenvalue weighted by molar-refractivity contribution is 5.43. The van der Waals surface area contributed by atoms with Gasteiger partial charge in [-0.1, -0.05) is 6.07 Å². The van der Waals surface area contributed by atoms with Crippen LogP contribution in [0.5, 0.6) is 5.75 Å². The summed E-state index contributed by atoms with van der Waals surface area (Å²) in [7, 11) is 0. The van der Waals surface area contributed by atoms with E-state index in [1.807, 2.05) is 0 Å². The number of fused-ring (bicyclic) bond motifs is 1. The monoisotopic (exact) mass is 217 g/mol. The van der Waals surface area contributed by atoms with Crippen molar-refractivity contribution >= 4 is 0 Å². The van der Waals surface area contributed by atoms with Gasteiger partial charge in [-0.15, -0.1) is 0 Å². The van der Waals surface area contributed by atoms with E-state index >= 15 is 0 Å². The summed E-state index contributed by atoms with van der Waals surface area (Å²) >= 11 is 0. The smallest absolute Gasteiger partial charge is 0.416 e. The summed E-state index contributed by atoms with van der Waals surface area (Å²) in [4.78, 5) is 0. The van der Waals surface area contributed by atoms with E-state index in [0.29, 0.717) is 5.75 Å². The average molecular weight is 217 g/mol. The number of hydrogen-bond donors (Lipinski definition) is 1. The zero-order valence-corrected chi connectivity index (χ0v) is 7.84. The van der Waals surface area contributed by atoms with Gasteiger partial charge in [0.05, 0.1) is 5.56 Å². The van der Waals surface area contributed by atoms with Crippen LogP contribution in [-0.4, -0.2) is 12.6 Å². The van der Waals surface area contributed by atoms with E-state index in [9.17, 15) is 13.2 Å². The maximum absolute atomic E-state index is 12.6. The number of benzene rings is 1. The summed E-state index contributed by atoms with van der Waals surface area (Å²) in [6.07, 6.45) is -4.13. The van der Waals surface area contributed by atoms with E-state index in [0.717, 1.165) is 6.07 Å². The molecule has 0 saturated carbocycles. The van der Waals surface area contributed by atoms with Gasteiger partial charge < -0.3 is 10.5 Å². The summed E-state index contributed by atoms with van der Waals surface area (Å²) < 4.78 is 43.0. The van der Waals surface area contributed by atoms with Gasteiger partial charge in [-0.25, -0.2) is 0 Å². The predicted molar refractivity (Wildman–Crippen MR) is 48.6 cm³/mol. The van der Waals surface area contributed by atoms with Crippen LogP contribution >= 0.6 is 0 Å². The molecule has 0 spiro atoms. The van der Waals surface area contributed by atoms with Gasteiger partial charge in [0.25, 0.3) is 0 Å². The zero-order valence-electron chi connectivity index (χ0n) is 7.84. The number of rotatable bonds is 0. The first-order valence-electron chi connectivity index (χ1n) is 4.56. The lowest BCUT2D eigenvalue weighted by Gasteiger charge is -2.25. The van der Waals surface area contributed by atoms with Crippen LogP contribution in [0, 0.1) is 0 Å². The van der Waals surface area contributed by atoms with Crippen molar-refractivity contribution in [3.05, 3.63) is 29.3 Å². The molecule has 82 valence electrons. The largest absolute Gasteiger partial charge is 0.492 e. The van der Waals surface area contributed by atoms with Crippen molar-refractivity contribution in [2.45, 2.75) is 18.6 Å². The van der Waals surface area contributed by atoms with Crippen molar-refractivity contribution < 1.29 is 17.9 Å². The molecule has 0 radical (unpaired) electrons. The van der Waals surface area contributed by atoms with E-state index in [1.165, 1.54) is 12.1 Å². The highest BCUT2D eigenvalue weighted by Crippen LogP contribution is 2.37. The second-order valence-electron chi connectivity index (χ2n) is 3.56. The number of alkyl halides is 3. The van der Waals surface area contributed by atoms with Crippen LogP contribution in [0.4, 0.5) is 13.2 Å². The molecule has 1 aliphatic heterocycles. The van der Waals surface area contributed by atoms with Crippen molar-refractivity contribution in [3.63, 3.8) is 0 Å². The Hall–Kier alpha value is -1.23. The molecule has 1 atom stereocenters. The molecule has 1 aliphatic rings. The molecule has 5 heteroatoms. The summed E-state index contributed by atoms with van der Waals surface area (Å²) in [5.41, 5.74) is 5.10. The molecular formula is C10H10F3NO. The highest BCUT2D eigenvalue weighted by Gasteiger charge is 2.35. The molecule has 1 aromatic rings. The van der Waals surface area contributed by atoms with Gasteiger partial charge in [0.2, 0.25) is 0 Å². The van der Waals surface area contributed by atoms with Crippen molar-refractivity contribution in [2.24, 2.45) is 5.73 Å². The van der Waals surface area contributed by atoms with Crippen molar-refractivity contribution in [2.75, 3.05) is 6.61 Å². The van der Waals surface area contributed by atoms with Gasteiger partial charge in [0, 0.05) is 11.6 Å². The van der Waals surface area contributed by atoms with Gasteiger partial charge >= 0.3 is 6.18 Å². The van der Waals surface area contributed by atoms with Gasteiger partial charge in [-0.2, -0.15) is 13.2 Å². The molecule has 0 amide bonds. The van der Waals surface area contributed by atoms with Gasteiger partial charge in [-0.3, -0.25) is 0 Å². The Bertz CT molecular complexity index is 375. The van der Waals surface area contributed by atoms with Crippen molar-refractivity contribution in [1.82, 2.24) is 0 Å². The normalized spacial score (nSPS) is 20.7. The van der Waals surface area contributed by atoms with E-state index in [1.54, 1.807) is 0 Å². The SMILES string of the molecule is NC1COc2cccc(C(F)(F)F)c2C1. The molecule has 1 heterocycles. The summed E-state index contributed by atoms with van der Waals surface area (Å²) in [5.74, 6) is 0.298. The molecule has 2 rings (SSSR count). The topological polar surface area (TPSA) is 35.2 Å². The lowest BCUT2D eigenvalue weighted by Crippen LogP contribution is -2.35. The first kappa shape index (κ1) is 10.3. The Kier molecular flexibility index (Phi) is 2.34. The minimum Gasteiger partial charge on any atom is -0.492 e. The van der Waals surface area contributed by atoms with Crippen LogP contribution < -0.4 is 10.5 Å². The fourth-order valence-corrected chi connectivity index (χ4v) is 1.69. The average Bonchev–Trinajstić information content (AvgIpc) is 2.15. The molecule has 0 fully saturated rings. The molecule has 15 heavy (non-hydrogen) atoms. The maximum Gasteiger partial charge on any atom is 0.416 e. The van der Waals surface area contributed by atoms with Crippen LogP contribution in [0.25, 0.3) is 0 Å².